The van der Waals surface area contributed by atoms with Crippen LogP contribution in [0.5, 0.6) is 0 Å². The van der Waals surface area contributed by atoms with Gasteiger partial charge in [-0.2, -0.15) is 0 Å². The minimum Gasteiger partial charge on any atom is -0.327 e. The average Bonchev–Trinajstić information content (AvgIpc) is 2.47. The van der Waals surface area contributed by atoms with Crippen LogP contribution in [0.3, 0.4) is 0 Å². The zero-order valence-electron chi connectivity index (χ0n) is 13.1. The number of hydrogen-bond acceptors (Lipinski definition) is 2. The molecule has 1 aliphatic rings. The van der Waals surface area contributed by atoms with E-state index in [9.17, 15) is 8.60 Å². The molecule has 0 aromatic heterocycles. The summed E-state index contributed by atoms with van der Waals surface area (Å²) in [5.41, 5.74) is 6.46. The fourth-order valence-electron chi connectivity index (χ4n) is 3.16. The van der Waals surface area contributed by atoms with Crippen molar-refractivity contribution in [2.45, 2.75) is 62.6 Å². The van der Waals surface area contributed by atoms with Gasteiger partial charge in [-0.3, -0.25) is 4.21 Å². The number of rotatable bonds is 4. The Balaban J connectivity index is 2.19. The second kappa shape index (κ2) is 6.57. The smallest absolute Gasteiger partial charge is 0.124 e. The van der Waals surface area contributed by atoms with Crippen LogP contribution < -0.4 is 5.73 Å². The van der Waals surface area contributed by atoms with Gasteiger partial charge in [0.1, 0.15) is 5.82 Å². The topological polar surface area (TPSA) is 43.1 Å². The molecule has 4 unspecified atom stereocenters. The summed E-state index contributed by atoms with van der Waals surface area (Å²) in [6.45, 7) is 6.75. The predicted molar refractivity (Wildman–Crippen MR) is 86.0 cm³/mol. The summed E-state index contributed by atoms with van der Waals surface area (Å²) in [6.07, 6.45) is 3.97. The first-order chi connectivity index (χ1) is 9.85. The highest BCUT2D eigenvalue weighted by Gasteiger charge is 2.38. The van der Waals surface area contributed by atoms with E-state index in [4.69, 9.17) is 5.73 Å². The van der Waals surface area contributed by atoms with E-state index in [1.165, 1.54) is 12.1 Å². The third-order valence-electron chi connectivity index (χ3n) is 5.16. The molecule has 0 amide bonds. The Labute approximate surface area is 129 Å². The van der Waals surface area contributed by atoms with E-state index in [-0.39, 0.29) is 22.5 Å². The molecular weight excluding hydrogens is 285 g/mol. The molecule has 0 heterocycles. The molecule has 1 fully saturated rings. The van der Waals surface area contributed by atoms with Gasteiger partial charge in [0.05, 0.1) is 16.0 Å². The van der Waals surface area contributed by atoms with Crippen LogP contribution in [0.15, 0.2) is 29.2 Å². The predicted octanol–water partition coefficient (Wildman–Crippen LogP) is 3.87. The summed E-state index contributed by atoms with van der Waals surface area (Å²) in [5.74, 6) is 0.195. The Kier molecular flexibility index (Phi) is 5.20. The number of halogens is 1. The quantitative estimate of drug-likeness (QED) is 0.917. The number of nitrogens with two attached hydrogens (primary N) is 1. The van der Waals surface area contributed by atoms with Crippen molar-refractivity contribution in [1.82, 2.24) is 0 Å². The highest BCUT2D eigenvalue weighted by molar-refractivity contribution is 7.85. The molecule has 1 aliphatic carbocycles. The standard InChI is InChI=1S/C17H26FNOS/c1-4-17(2,3)12-8-9-15(19)16(10-12)21(20)14-7-5-6-13(18)11-14/h5-7,11-12,15-16H,4,8-10,19H2,1-3H3. The van der Waals surface area contributed by atoms with Crippen LogP contribution in [0, 0.1) is 17.2 Å². The van der Waals surface area contributed by atoms with Gasteiger partial charge in [0, 0.05) is 10.9 Å². The van der Waals surface area contributed by atoms with Gasteiger partial charge in [-0.15, -0.1) is 0 Å². The third-order valence-corrected chi connectivity index (χ3v) is 6.97. The normalized spacial score (nSPS) is 28.3. The summed E-state index contributed by atoms with van der Waals surface area (Å²) in [6, 6.07) is 6.05. The molecule has 0 radical (unpaired) electrons. The van der Waals surface area contributed by atoms with Crippen molar-refractivity contribution in [2.24, 2.45) is 17.1 Å². The molecule has 1 aromatic carbocycles. The van der Waals surface area contributed by atoms with Crippen molar-refractivity contribution in [2.75, 3.05) is 0 Å². The van der Waals surface area contributed by atoms with E-state index < -0.39 is 10.8 Å². The molecule has 0 bridgehead atoms. The Bertz CT molecular complexity index is 517. The van der Waals surface area contributed by atoms with Crippen molar-refractivity contribution < 1.29 is 8.60 Å². The zero-order chi connectivity index (χ0) is 15.6. The second-order valence-corrected chi connectivity index (χ2v) is 8.48. The molecule has 0 saturated heterocycles. The highest BCUT2D eigenvalue weighted by atomic mass is 32.2. The summed E-state index contributed by atoms with van der Waals surface area (Å²) in [7, 11) is -1.23. The Hall–Kier alpha value is -0.740. The summed E-state index contributed by atoms with van der Waals surface area (Å²) in [4.78, 5) is 0.561. The molecule has 1 saturated carbocycles. The van der Waals surface area contributed by atoms with Gasteiger partial charge in [0.25, 0.3) is 0 Å². The maximum Gasteiger partial charge on any atom is 0.124 e. The van der Waals surface area contributed by atoms with Gasteiger partial charge in [-0.05, 0) is 48.8 Å². The molecule has 0 spiro atoms. The summed E-state index contributed by atoms with van der Waals surface area (Å²) >= 11 is 0. The Morgan fingerprint density at radius 1 is 1.38 bits per heavy atom. The molecule has 2 N–H and O–H groups in total. The SMILES string of the molecule is CCC(C)(C)C1CCC(N)C(S(=O)c2cccc(F)c2)C1. The lowest BCUT2D eigenvalue weighted by atomic mass is 9.69. The van der Waals surface area contributed by atoms with E-state index in [1.807, 2.05) is 0 Å². The summed E-state index contributed by atoms with van der Waals surface area (Å²) in [5, 5.41) is -0.0728. The van der Waals surface area contributed by atoms with Crippen LogP contribution in [0.25, 0.3) is 0 Å². The van der Waals surface area contributed by atoms with E-state index in [0.717, 1.165) is 25.7 Å². The molecule has 4 atom stereocenters. The lowest BCUT2D eigenvalue weighted by Crippen LogP contribution is -2.45. The average molecular weight is 311 g/mol. The van der Waals surface area contributed by atoms with Crippen LogP contribution in [0.1, 0.15) is 46.5 Å². The lowest BCUT2D eigenvalue weighted by molar-refractivity contribution is 0.147. The minimum atomic E-state index is -1.23. The monoisotopic (exact) mass is 311 g/mol. The molecule has 2 rings (SSSR count). The zero-order valence-corrected chi connectivity index (χ0v) is 14.0. The molecule has 118 valence electrons. The molecule has 4 heteroatoms. The number of hydrogen-bond donors (Lipinski definition) is 1. The van der Waals surface area contributed by atoms with Crippen molar-refractivity contribution in [3.63, 3.8) is 0 Å². The fourth-order valence-corrected chi connectivity index (χ4v) is 4.82. The largest absolute Gasteiger partial charge is 0.327 e. The van der Waals surface area contributed by atoms with Gasteiger partial charge in [-0.25, -0.2) is 4.39 Å². The molecule has 21 heavy (non-hydrogen) atoms. The van der Waals surface area contributed by atoms with Crippen LogP contribution in [0.4, 0.5) is 4.39 Å². The van der Waals surface area contributed by atoms with Gasteiger partial charge in [-0.1, -0.05) is 33.3 Å². The summed E-state index contributed by atoms with van der Waals surface area (Å²) < 4.78 is 26.1. The van der Waals surface area contributed by atoms with E-state index >= 15 is 0 Å². The van der Waals surface area contributed by atoms with Crippen molar-refractivity contribution in [1.29, 1.82) is 0 Å². The fraction of sp³-hybridized carbons (Fsp3) is 0.647. The maximum absolute atomic E-state index is 13.3. The van der Waals surface area contributed by atoms with Gasteiger partial charge in [0.2, 0.25) is 0 Å². The van der Waals surface area contributed by atoms with Crippen molar-refractivity contribution in [3.8, 4) is 0 Å². The molecular formula is C17H26FNOS. The number of benzene rings is 1. The van der Waals surface area contributed by atoms with E-state index in [1.54, 1.807) is 12.1 Å². The Morgan fingerprint density at radius 3 is 2.71 bits per heavy atom. The molecule has 2 nitrogen and oxygen atoms in total. The van der Waals surface area contributed by atoms with Crippen molar-refractivity contribution in [3.05, 3.63) is 30.1 Å². The minimum absolute atomic E-state index is 0.0574. The van der Waals surface area contributed by atoms with Gasteiger partial charge < -0.3 is 5.73 Å². The van der Waals surface area contributed by atoms with Crippen LogP contribution in [-0.4, -0.2) is 15.5 Å². The second-order valence-electron chi connectivity index (χ2n) is 6.81. The lowest BCUT2D eigenvalue weighted by Gasteiger charge is -2.41. The van der Waals surface area contributed by atoms with Crippen molar-refractivity contribution >= 4 is 10.8 Å². The first-order valence-corrected chi connectivity index (χ1v) is 8.98. The van der Waals surface area contributed by atoms with E-state index in [0.29, 0.717) is 10.8 Å². The first-order valence-electron chi connectivity index (χ1n) is 7.77. The van der Waals surface area contributed by atoms with Crippen LogP contribution >= 0.6 is 0 Å². The third kappa shape index (κ3) is 3.72. The van der Waals surface area contributed by atoms with Gasteiger partial charge in [0.15, 0.2) is 0 Å². The molecule has 1 aromatic rings. The maximum atomic E-state index is 13.3. The van der Waals surface area contributed by atoms with Crippen LogP contribution in [-0.2, 0) is 10.8 Å². The van der Waals surface area contributed by atoms with E-state index in [2.05, 4.69) is 20.8 Å². The first kappa shape index (κ1) is 16.6. The highest BCUT2D eigenvalue weighted by Crippen LogP contribution is 2.42. The van der Waals surface area contributed by atoms with Gasteiger partial charge >= 0.3 is 0 Å². The Morgan fingerprint density at radius 2 is 2.10 bits per heavy atom. The molecule has 0 aliphatic heterocycles. The van der Waals surface area contributed by atoms with Crippen LogP contribution in [0.2, 0.25) is 0 Å².